The Labute approximate surface area is 143 Å². The van der Waals surface area contributed by atoms with E-state index in [0.717, 1.165) is 11.5 Å². The summed E-state index contributed by atoms with van der Waals surface area (Å²) in [5.41, 5.74) is 1.02. The molecule has 1 N–H and O–H groups in total. The molecular formula is C17H24Cl3N. The van der Waals surface area contributed by atoms with E-state index >= 15 is 0 Å². The molecule has 0 radical (unpaired) electrons. The topological polar surface area (TPSA) is 12.0 Å². The van der Waals surface area contributed by atoms with Gasteiger partial charge in [0.05, 0.1) is 15.1 Å². The van der Waals surface area contributed by atoms with Crippen molar-refractivity contribution >= 4 is 34.8 Å². The van der Waals surface area contributed by atoms with Gasteiger partial charge in [-0.1, -0.05) is 66.6 Å². The predicted molar refractivity (Wildman–Crippen MR) is 93.7 cm³/mol. The quantitative estimate of drug-likeness (QED) is 0.474. The van der Waals surface area contributed by atoms with Gasteiger partial charge in [0.25, 0.3) is 0 Å². The van der Waals surface area contributed by atoms with Crippen molar-refractivity contribution < 1.29 is 0 Å². The molecule has 1 saturated carbocycles. The number of rotatable bonds is 4. The van der Waals surface area contributed by atoms with Crippen LogP contribution in [0.1, 0.15) is 64.0 Å². The normalized spacial score (nSPS) is 20.0. The zero-order chi connectivity index (χ0) is 15.4. The molecule has 1 aliphatic rings. The molecule has 118 valence electrons. The molecule has 0 spiro atoms. The van der Waals surface area contributed by atoms with Gasteiger partial charge in [0, 0.05) is 12.1 Å². The summed E-state index contributed by atoms with van der Waals surface area (Å²) in [4.78, 5) is 0. The summed E-state index contributed by atoms with van der Waals surface area (Å²) in [7, 11) is 0. The number of hydrogen-bond acceptors (Lipinski definition) is 1. The van der Waals surface area contributed by atoms with Crippen LogP contribution in [0.15, 0.2) is 12.1 Å². The molecule has 0 heterocycles. The molecule has 0 amide bonds. The van der Waals surface area contributed by atoms with E-state index in [1.165, 1.54) is 38.5 Å². The summed E-state index contributed by atoms with van der Waals surface area (Å²) < 4.78 is 0. The summed E-state index contributed by atoms with van der Waals surface area (Å²) in [6.07, 6.45) is 8.15. The Morgan fingerprint density at radius 1 is 0.952 bits per heavy atom. The molecule has 0 aliphatic heterocycles. The SMILES string of the molecule is CC(N[C@H](C)C1CCCCCC1)c1ccc(Cl)c(Cl)c1Cl. The van der Waals surface area contributed by atoms with Crippen molar-refractivity contribution in [2.24, 2.45) is 5.92 Å². The highest BCUT2D eigenvalue weighted by Crippen LogP contribution is 2.36. The Bertz CT molecular complexity index is 467. The zero-order valence-corrected chi connectivity index (χ0v) is 15.0. The van der Waals surface area contributed by atoms with E-state index in [1.807, 2.05) is 12.1 Å². The Morgan fingerprint density at radius 3 is 2.19 bits per heavy atom. The predicted octanol–water partition coefficient (Wildman–Crippen LogP) is 6.66. The molecule has 2 atom stereocenters. The highest BCUT2D eigenvalue weighted by molar-refractivity contribution is 6.48. The first kappa shape index (κ1) is 17.4. The summed E-state index contributed by atoms with van der Waals surface area (Å²) >= 11 is 18.5. The fraction of sp³-hybridized carbons (Fsp3) is 0.647. The van der Waals surface area contributed by atoms with Gasteiger partial charge < -0.3 is 5.32 Å². The molecule has 0 aromatic heterocycles. The lowest BCUT2D eigenvalue weighted by molar-refractivity contribution is 0.316. The first-order valence-electron chi connectivity index (χ1n) is 7.90. The van der Waals surface area contributed by atoms with E-state index < -0.39 is 0 Å². The maximum Gasteiger partial charge on any atom is 0.0781 e. The van der Waals surface area contributed by atoms with Crippen LogP contribution in [0.25, 0.3) is 0 Å². The molecule has 1 aromatic rings. The van der Waals surface area contributed by atoms with Crippen LogP contribution in [0.3, 0.4) is 0 Å². The first-order valence-corrected chi connectivity index (χ1v) is 9.03. The van der Waals surface area contributed by atoms with Gasteiger partial charge >= 0.3 is 0 Å². The number of hydrogen-bond donors (Lipinski definition) is 1. The smallest absolute Gasteiger partial charge is 0.0781 e. The van der Waals surface area contributed by atoms with Crippen molar-refractivity contribution in [3.8, 4) is 0 Å². The molecule has 1 nitrogen and oxygen atoms in total. The third-order valence-electron chi connectivity index (χ3n) is 4.65. The minimum absolute atomic E-state index is 0.172. The van der Waals surface area contributed by atoms with E-state index in [4.69, 9.17) is 34.8 Å². The van der Waals surface area contributed by atoms with Crippen LogP contribution in [0.4, 0.5) is 0 Å². The van der Waals surface area contributed by atoms with Gasteiger partial charge in [0.15, 0.2) is 0 Å². The maximum atomic E-state index is 6.33. The van der Waals surface area contributed by atoms with Crippen LogP contribution in [0.2, 0.25) is 15.1 Å². The van der Waals surface area contributed by atoms with Crippen molar-refractivity contribution in [2.75, 3.05) is 0 Å². The number of nitrogens with one attached hydrogen (secondary N) is 1. The lowest BCUT2D eigenvalue weighted by Gasteiger charge is -2.28. The average molecular weight is 349 g/mol. The molecule has 1 unspecified atom stereocenters. The van der Waals surface area contributed by atoms with Crippen LogP contribution in [-0.2, 0) is 0 Å². The summed E-state index contributed by atoms with van der Waals surface area (Å²) in [6, 6.07) is 4.45. The van der Waals surface area contributed by atoms with E-state index in [0.29, 0.717) is 21.1 Å². The molecule has 21 heavy (non-hydrogen) atoms. The maximum absolute atomic E-state index is 6.33. The fourth-order valence-corrected chi connectivity index (χ4v) is 4.01. The third kappa shape index (κ3) is 4.51. The third-order valence-corrected chi connectivity index (χ3v) is 5.96. The van der Waals surface area contributed by atoms with Crippen molar-refractivity contribution in [2.45, 2.75) is 64.5 Å². The van der Waals surface area contributed by atoms with Gasteiger partial charge in [-0.05, 0) is 44.2 Å². The lowest BCUT2D eigenvalue weighted by atomic mass is 9.92. The van der Waals surface area contributed by atoms with Gasteiger partial charge in [-0.15, -0.1) is 0 Å². The minimum Gasteiger partial charge on any atom is -0.307 e. The number of halogens is 3. The molecule has 0 saturated heterocycles. The minimum atomic E-state index is 0.172. The van der Waals surface area contributed by atoms with Crippen LogP contribution in [-0.4, -0.2) is 6.04 Å². The monoisotopic (exact) mass is 347 g/mol. The van der Waals surface area contributed by atoms with E-state index in [2.05, 4.69) is 19.2 Å². The van der Waals surface area contributed by atoms with Crippen molar-refractivity contribution in [1.82, 2.24) is 5.32 Å². The molecule has 1 fully saturated rings. The average Bonchev–Trinajstić information content (AvgIpc) is 2.73. The highest BCUT2D eigenvalue weighted by atomic mass is 35.5. The van der Waals surface area contributed by atoms with Crippen LogP contribution in [0.5, 0.6) is 0 Å². The van der Waals surface area contributed by atoms with E-state index in [1.54, 1.807) is 0 Å². The van der Waals surface area contributed by atoms with Gasteiger partial charge in [-0.3, -0.25) is 0 Å². The van der Waals surface area contributed by atoms with Gasteiger partial charge in [0.1, 0.15) is 0 Å². The highest BCUT2D eigenvalue weighted by Gasteiger charge is 2.22. The van der Waals surface area contributed by atoms with Crippen LogP contribution < -0.4 is 5.32 Å². The van der Waals surface area contributed by atoms with E-state index in [-0.39, 0.29) is 6.04 Å². The lowest BCUT2D eigenvalue weighted by Crippen LogP contribution is -2.35. The second-order valence-electron chi connectivity index (χ2n) is 6.19. The van der Waals surface area contributed by atoms with Crippen molar-refractivity contribution in [3.63, 3.8) is 0 Å². The second-order valence-corrected chi connectivity index (χ2v) is 7.36. The Kier molecular flexibility index (Phi) is 6.68. The first-order chi connectivity index (χ1) is 10.0. The second kappa shape index (κ2) is 8.06. The fourth-order valence-electron chi connectivity index (χ4n) is 3.31. The molecule has 0 bridgehead atoms. The molecule has 1 aliphatic carbocycles. The van der Waals surface area contributed by atoms with Crippen LogP contribution >= 0.6 is 34.8 Å². The van der Waals surface area contributed by atoms with Gasteiger partial charge in [-0.2, -0.15) is 0 Å². The summed E-state index contributed by atoms with van der Waals surface area (Å²) in [5, 5.41) is 5.22. The van der Waals surface area contributed by atoms with Crippen molar-refractivity contribution in [3.05, 3.63) is 32.8 Å². The molecule has 1 aromatic carbocycles. The van der Waals surface area contributed by atoms with E-state index in [9.17, 15) is 0 Å². The van der Waals surface area contributed by atoms with Gasteiger partial charge in [-0.25, -0.2) is 0 Å². The number of benzene rings is 1. The van der Waals surface area contributed by atoms with Gasteiger partial charge in [0.2, 0.25) is 0 Å². The van der Waals surface area contributed by atoms with Crippen LogP contribution in [0, 0.1) is 5.92 Å². The van der Waals surface area contributed by atoms with Crippen molar-refractivity contribution in [1.29, 1.82) is 0 Å². The Hall–Kier alpha value is 0.0500. The molecule has 4 heteroatoms. The Balaban J connectivity index is 2.03. The molecular weight excluding hydrogens is 325 g/mol. The zero-order valence-electron chi connectivity index (χ0n) is 12.8. The summed E-state index contributed by atoms with van der Waals surface area (Å²) in [5.74, 6) is 0.761. The largest absolute Gasteiger partial charge is 0.307 e. The Morgan fingerprint density at radius 2 is 1.57 bits per heavy atom. The summed E-state index contributed by atoms with van der Waals surface area (Å²) in [6.45, 7) is 4.43. The molecule has 2 rings (SSSR count). The standard InChI is InChI=1S/C17H24Cl3N/c1-11(13-7-5-3-4-6-8-13)21-12(2)14-9-10-15(18)17(20)16(14)19/h9-13,21H,3-8H2,1-2H3/t11-,12?/m1/s1.